The van der Waals surface area contributed by atoms with E-state index in [1.807, 2.05) is 48.5 Å². The lowest BCUT2D eigenvalue weighted by molar-refractivity contribution is -0.143. The Bertz CT molecular complexity index is 903. The summed E-state index contributed by atoms with van der Waals surface area (Å²) < 4.78 is 10.7. The second-order valence-electron chi connectivity index (χ2n) is 7.05. The van der Waals surface area contributed by atoms with Crippen LogP contribution >= 0.6 is 0 Å². The number of benzene rings is 2. The fraction of sp³-hybridized carbons (Fsp3) is 0.304. The summed E-state index contributed by atoms with van der Waals surface area (Å²) in [5, 5.41) is 2.74. The number of nitrogens with one attached hydrogen (secondary N) is 1. The maximum absolute atomic E-state index is 12.2. The maximum atomic E-state index is 12.2. The third kappa shape index (κ3) is 5.16. The first-order valence-electron chi connectivity index (χ1n) is 9.74. The monoisotopic (exact) mass is 394 g/mol. The molecule has 1 heterocycles. The lowest BCUT2D eigenvalue weighted by Crippen LogP contribution is -2.30. The molecule has 0 aromatic heterocycles. The molecule has 2 aromatic carbocycles. The first-order valence-corrected chi connectivity index (χ1v) is 9.74. The average Bonchev–Trinajstić information content (AvgIpc) is 2.73. The van der Waals surface area contributed by atoms with Crippen LogP contribution < -0.4 is 15.0 Å². The number of carbonyl (C=O) groups is 2. The zero-order valence-electron chi connectivity index (χ0n) is 17.0. The van der Waals surface area contributed by atoms with Crippen molar-refractivity contribution in [3.8, 4) is 5.75 Å². The highest BCUT2D eigenvalue weighted by Gasteiger charge is 2.19. The second kappa shape index (κ2) is 9.28. The van der Waals surface area contributed by atoms with Crippen LogP contribution in [0.1, 0.15) is 26.3 Å². The molecular formula is C23H26N2O4. The Labute approximate surface area is 171 Å². The van der Waals surface area contributed by atoms with Crippen LogP contribution in [0.4, 0.5) is 11.4 Å². The molecule has 1 aliphatic rings. The van der Waals surface area contributed by atoms with Gasteiger partial charge >= 0.3 is 5.97 Å². The zero-order chi connectivity index (χ0) is 20.8. The normalized spacial score (nSPS) is 12.5. The molecule has 1 amide bonds. The SMILES string of the molecule is CCN(c1ccc(NC(=O)COC(=O)C2=Cc3ccccc3OC2)cc1)C(C)C. The number of para-hydroxylation sites is 1. The highest BCUT2D eigenvalue weighted by atomic mass is 16.5. The largest absolute Gasteiger partial charge is 0.488 e. The van der Waals surface area contributed by atoms with Gasteiger partial charge in [-0.1, -0.05) is 18.2 Å². The van der Waals surface area contributed by atoms with Crippen LogP contribution in [-0.4, -0.2) is 37.7 Å². The fourth-order valence-corrected chi connectivity index (χ4v) is 3.24. The van der Waals surface area contributed by atoms with Gasteiger partial charge in [0, 0.05) is 29.5 Å². The molecule has 29 heavy (non-hydrogen) atoms. The van der Waals surface area contributed by atoms with Crippen molar-refractivity contribution in [2.75, 3.05) is 30.0 Å². The molecule has 0 bridgehead atoms. The molecule has 0 saturated heterocycles. The topological polar surface area (TPSA) is 67.9 Å². The molecule has 0 radical (unpaired) electrons. The Morgan fingerprint density at radius 2 is 1.86 bits per heavy atom. The van der Waals surface area contributed by atoms with Gasteiger partial charge in [-0.3, -0.25) is 4.79 Å². The van der Waals surface area contributed by atoms with Gasteiger partial charge in [0.25, 0.3) is 5.91 Å². The number of amides is 1. The van der Waals surface area contributed by atoms with Crippen molar-refractivity contribution < 1.29 is 19.1 Å². The van der Waals surface area contributed by atoms with Crippen molar-refractivity contribution in [1.82, 2.24) is 0 Å². The summed E-state index contributed by atoms with van der Waals surface area (Å²) in [6.45, 7) is 7.06. The van der Waals surface area contributed by atoms with Gasteiger partial charge in [-0.05, 0) is 57.2 Å². The van der Waals surface area contributed by atoms with Crippen molar-refractivity contribution in [2.45, 2.75) is 26.8 Å². The van der Waals surface area contributed by atoms with Gasteiger partial charge in [0.2, 0.25) is 0 Å². The Kier molecular flexibility index (Phi) is 6.54. The van der Waals surface area contributed by atoms with E-state index in [0.29, 0.717) is 17.3 Å². The molecule has 6 nitrogen and oxygen atoms in total. The summed E-state index contributed by atoms with van der Waals surface area (Å²) in [5.74, 6) is -0.218. The maximum Gasteiger partial charge on any atom is 0.338 e. The van der Waals surface area contributed by atoms with Crippen molar-refractivity contribution >= 4 is 29.3 Å². The second-order valence-corrected chi connectivity index (χ2v) is 7.05. The third-order valence-electron chi connectivity index (χ3n) is 4.68. The van der Waals surface area contributed by atoms with Crippen LogP contribution in [0.3, 0.4) is 0 Å². The number of hydrogen-bond donors (Lipinski definition) is 1. The number of nitrogens with zero attached hydrogens (tertiary/aromatic N) is 1. The Morgan fingerprint density at radius 1 is 1.14 bits per heavy atom. The van der Waals surface area contributed by atoms with Crippen LogP contribution in [0.2, 0.25) is 0 Å². The van der Waals surface area contributed by atoms with Gasteiger partial charge in [0.05, 0.1) is 5.57 Å². The van der Waals surface area contributed by atoms with Gasteiger partial charge in [0.15, 0.2) is 6.61 Å². The molecule has 2 aromatic rings. The van der Waals surface area contributed by atoms with E-state index in [4.69, 9.17) is 9.47 Å². The molecule has 152 valence electrons. The minimum absolute atomic E-state index is 0.128. The highest BCUT2D eigenvalue weighted by molar-refractivity contribution is 5.98. The quantitative estimate of drug-likeness (QED) is 0.722. The number of rotatable bonds is 7. The standard InChI is InChI=1S/C23H26N2O4/c1-4-25(16(2)3)20-11-9-19(10-12-20)24-22(26)15-29-23(27)18-13-17-7-5-6-8-21(17)28-14-18/h5-13,16H,4,14-15H2,1-3H3,(H,24,26). The highest BCUT2D eigenvalue weighted by Crippen LogP contribution is 2.26. The average molecular weight is 394 g/mol. The van der Waals surface area contributed by atoms with Crippen LogP contribution in [0.25, 0.3) is 6.08 Å². The number of anilines is 2. The summed E-state index contributed by atoms with van der Waals surface area (Å²) in [6, 6.07) is 15.4. The predicted octanol–water partition coefficient (Wildman–Crippen LogP) is 3.88. The molecule has 3 rings (SSSR count). The Hall–Kier alpha value is -3.28. The minimum Gasteiger partial charge on any atom is -0.488 e. The molecular weight excluding hydrogens is 368 g/mol. The lowest BCUT2D eigenvalue weighted by atomic mass is 10.1. The first kappa shape index (κ1) is 20.5. The summed E-state index contributed by atoms with van der Waals surface area (Å²) >= 11 is 0. The predicted molar refractivity (Wildman–Crippen MR) is 114 cm³/mol. The van der Waals surface area contributed by atoms with Crippen LogP contribution in [0.15, 0.2) is 54.1 Å². The minimum atomic E-state index is -0.555. The smallest absolute Gasteiger partial charge is 0.338 e. The van der Waals surface area contributed by atoms with E-state index in [2.05, 4.69) is 31.0 Å². The van der Waals surface area contributed by atoms with Crippen molar-refractivity contribution in [1.29, 1.82) is 0 Å². The van der Waals surface area contributed by atoms with Gasteiger partial charge in [-0.15, -0.1) is 0 Å². The van der Waals surface area contributed by atoms with E-state index in [-0.39, 0.29) is 19.1 Å². The number of hydrogen-bond acceptors (Lipinski definition) is 5. The summed E-state index contributed by atoms with van der Waals surface area (Å²) in [7, 11) is 0. The number of esters is 1. The molecule has 0 saturated carbocycles. The van der Waals surface area contributed by atoms with Crippen molar-refractivity contribution in [2.24, 2.45) is 0 Å². The molecule has 0 fully saturated rings. The molecule has 1 N–H and O–H groups in total. The number of fused-ring (bicyclic) bond motifs is 1. The van der Waals surface area contributed by atoms with Crippen molar-refractivity contribution in [3.63, 3.8) is 0 Å². The first-order chi connectivity index (χ1) is 14.0. The van der Waals surface area contributed by atoms with Gasteiger partial charge in [-0.2, -0.15) is 0 Å². The Morgan fingerprint density at radius 3 is 2.55 bits per heavy atom. The van der Waals surface area contributed by atoms with E-state index >= 15 is 0 Å². The molecule has 0 spiro atoms. The Balaban J connectivity index is 1.52. The molecule has 6 heteroatoms. The molecule has 0 atom stereocenters. The van der Waals surface area contributed by atoms with Gasteiger partial charge in [0.1, 0.15) is 12.4 Å². The van der Waals surface area contributed by atoms with E-state index in [1.54, 1.807) is 6.08 Å². The zero-order valence-corrected chi connectivity index (χ0v) is 17.0. The van der Waals surface area contributed by atoms with Crippen molar-refractivity contribution in [3.05, 3.63) is 59.7 Å². The van der Waals surface area contributed by atoms with Crippen LogP contribution in [-0.2, 0) is 14.3 Å². The summed E-state index contributed by atoms with van der Waals surface area (Å²) in [4.78, 5) is 26.6. The fourth-order valence-electron chi connectivity index (χ4n) is 3.24. The molecule has 1 aliphatic heterocycles. The third-order valence-corrected chi connectivity index (χ3v) is 4.68. The van der Waals surface area contributed by atoms with E-state index < -0.39 is 5.97 Å². The summed E-state index contributed by atoms with van der Waals surface area (Å²) in [5.41, 5.74) is 2.95. The number of carbonyl (C=O) groups excluding carboxylic acids is 2. The van der Waals surface area contributed by atoms with Gasteiger partial charge < -0.3 is 19.7 Å². The van der Waals surface area contributed by atoms with E-state index in [0.717, 1.165) is 23.5 Å². The van der Waals surface area contributed by atoms with Crippen LogP contribution in [0.5, 0.6) is 5.75 Å². The summed E-state index contributed by atoms with van der Waals surface area (Å²) in [6.07, 6.45) is 1.73. The van der Waals surface area contributed by atoms with Gasteiger partial charge in [-0.25, -0.2) is 4.79 Å². The molecule has 0 aliphatic carbocycles. The van der Waals surface area contributed by atoms with E-state index in [9.17, 15) is 9.59 Å². The van der Waals surface area contributed by atoms with E-state index in [1.165, 1.54) is 0 Å². The van der Waals surface area contributed by atoms with Crippen LogP contribution in [0, 0.1) is 0 Å². The number of ether oxygens (including phenoxy) is 2. The lowest BCUT2D eigenvalue weighted by Gasteiger charge is -2.27. The molecule has 0 unspecified atom stereocenters.